The fourth-order valence-corrected chi connectivity index (χ4v) is 3.28. The van der Waals surface area contributed by atoms with Crippen LogP contribution in [0.3, 0.4) is 0 Å². The molecule has 0 saturated carbocycles. The summed E-state index contributed by atoms with van der Waals surface area (Å²) in [6, 6.07) is 19.4. The van der Waals surface area contributed by atoms with Crippen LogP contribution in [0.25, 0.3) is 33.0 Å². The molecular formula is C23H15NO4. The summed E-state index contributed by atoms with van der Waals surface area (Å²) < 4.78 is 0. The smallest absolute Gasteiger partial charge is 0.335 e. The maximum absolute atomic E-state index is 11.1. The predicted molar refractivity (Wildman–Crippen MR) is 107 cm³/mol. The van der Waals surface area contributed by atoms with E-state index in [1.807, 2.05) is 18.2 Å². The Hall–Kier alpha value is -3.99. The SMILES string of the molecule is O=C(O)c1ccc(-c2ccc(-c3ccc(C(=O)O)cc3)c3cnccc23)cc1. The molecule has 0 aliphatic heterocycles. The monoisotopic (exact) mass is 369 g/mol. The van der Waals surface area contributed by atoms with Gasteiger partial charge in [0.15, 0.2) is 0 Å². The van der Waals surface area contributed by atoms with Crippen molar-refractivity contribution in [1.82, 2.24) is 4.98 Å². The van der Waals surface area contributed by atoms with Crippen molar-refractivity contribution in [3.63, 3.8) is 0 Å². The predicted octanol–water partition coefficient (Wildman–Crippen LogP) is 4.97. The van der Waals surface area contributed by atoms with Crippen LogP contribution in [0, 0.1) is 0 Å². The number of rotatable bonds is 4. The van der Waals surface area contributed by atoms with Crippen LogP contribution in [0.2, 0.25) is 0 Å². The van der Waals surface area contributed by atoms with E-state index in [0.717, 1.165) is 33.0 Å². The first kappa shape index (κ1) is 17.4. The standard InChI is InChI=1S/C23H15NO4/c25-22(26)16-5-1-14(2-6-16)18-9-10-19(21-13-24-12-11-20(18)21)15-3-7-17(8-4-15)23(27)28/h1-13H,(H,25,26)(H,27,28). The second kappa shape index (κ2) is 6.96. The van der Waals surface area contributed by atoms with E-state index in [4.69, 9.17) is 10.2 Å². The van der Waals surface area contributed by atoms with Crippen LogP contribution in [-0.2, 0) is 0 Å². The van der Waals surface area contributed by atoms with Gasteiger partial charge < -0.3 is 10.2 Å². The number of hydrogen-bond donors (Lipinski definition) is 2. The van der Waals surface area contributed by atoms with Crippen molar-refractivity contribution in [2.75, 3.05) is 0 Å². The van der Waals surface area contributed by atoms with Crippen LogP contribution in [0.1, 0.15) is 20.7 Å². The summed E-state index contributed by atoms with van der Waals surface area (Å²) in [7, 11) is 0. The molecule has 1 aromatic heterocycles. The molecule has 0 spiro atoms. The maximum Gasteiger partial charge on any atom is 0.335 e. The minimum atomic E-state index is -0.960. The van der Waals surface area contributed by atoms with Crippen molar-refractivity contribution in [3.05, 3.63) is 90.3 Å². The summed E-state index contributed by atoms with van der Waals surface area (Å²) in [5, 5.41) is 20.1. The molecule has 0 amide bonds. The first-order valence-electron chi connectivity index (χ1n) is 8.59. The molecule has 136 valence electrons. The first-order chi connectivity index (χ1) is 13.5. The van der Waals surface area contributed by atoms with Gasteiger partial charge in [-0.15, -0.1) is 0 Å². The highest BCUT2D eigenvalue weighted by atomic mass is 16.4. The number of fused-ring (bicyclic) bond motifs is 1. The quantitative estimate of drug-likeness (QED) is 0.530. The largest absolute Gasteiger partial charge is 0.478 e. The number of aromatic carboxylic acids is 2. The molecule has 0 aliphatic rings. The van der Waals surface area contributed by atoms with Gasteiger partial charge in [-0.3, -0.25) is 4.98 Å². The number of aromatic nitrogens is 1. The first-order valence-corrected chi connectivity index (χ1v) is 8.59. The topological polar surface area (TPSA) is 87.5 Å². The van der Waals surface area contributed by atoms with E-state index in [-0.39, 0.29) is 11.1 Å². The van der Waals surface area contributed by atoms with E-state index in [9.17, 15) is 9.59 Å². The van der Waals surface area contributed by atoms with E-state index in [1.165, 1.54) is 0 Å². The van der Waals surface area contributed by atoms with Crippen molar-refractivity contribution in [2.45, 2.75) is 0 Å². The number of pyridine rings is 1. The zero-order valence-electron chi connectivity index (χ0n) is 14.7. The van der Waals surface area contributed by atoms with Crippen molar-refractivity contribution >= 4 is 22.7 Å². The molecule has 4 aromatic rings. The fraction of sp³-hybridized carbons (Fsp3) is 0. The lowest BCUT2D eigenvalue weighted by Gasteiger charge is -2.12. The summed E-state index contributed by atoms with van der Waals surface area (Å²) in [5.41, 5.74) is 4.21. The number of benzene rings is 3. The molecule has 2 N–H and O–H groups in total. The molecule has 0 radical (unpaired) electrons. The zero-order chi connectivity index (χ0) is 19.7. The van der Waals surface area contributed by atoms with Gasteiger partial charge >= 0.3 is 11.9 Å². The molecule has 0 saturated heterocycles. The molecule has 4 rings (SSSR count). The van der Waals surface area contributed by atoms with Gasteiger partial charge in [-0.25, -0.2) is 9.59 Å². The van der Waals surface area contributed by atoms with Gasteiger partial charge in [0.25, 0.3) is 0 Å². The van der Waals surface area contributed by atoms with Crippen molar-refractivity contribution < 1.29 is 19.8 Å². The number of hydrogen-bond acceptors (Lipinski definition) is 3. The van der Waals surface area contributed by atoms with E-state index < -0.39 is 11.9 Å². The Morgan fingerprint density at radius 1 is 0.607 bits per heavy atom. The second-order valence-electron chi connectivity index (χ2n) is 6.35. The molecule has 0 bridgehead atoms. The summed E-state index contributed by atoms with van der Waals surface area (Å²) in [5.74, 6) is -1.92. The molecule has 3 aromatic carbocycles. The maximum atomic E-state index is 11.1. The van der Waals surface area contributed by atoms with Crippen LogP contribution >= 0.6 is 0 Å². The van der Waals surface area contributed by atoms with Gasteiger partial charge in [-0.2, -0.15) is 0 Å². The molecule has 5 heteroatoms. The van der Waals surface area contributed by atoms with Crippen LogP contribution in [0.5, 0.6) is 0 Å². The van der Waals surface area contributed by atoms with Crippen LogP contribution in [-0.4, -0.2) is 27.1 Å². The summed E-state index contributed by atoms with van der Waals surface area (Å²) in [6.45, 7) is 0. The normalized spacial score (nSPS) is 10.7. The lowest BCUT2D eigenvalue weighted by molar-refractivity contribution is 0.0686. The molecule has 28 heavy (non-hydrogen) atoms. The molecule has 0 unspecified atom stereocenters. The number of nitrogens with zero attached hydrogens (tertiary/aromatic N) is 1. The molecular weight excluding hydrogens is 354 g/mol. The van der Waals surface area contributed by atoms with Crippen LogP contribution < -0.4 is 0 Å². The van der Waals surface area contributed by atoms with Gasteiger partial charge in [0.05, 0.1) is 11.1 Å². The van der Waals surface area contributed by atoms with E-state index in [1.54, 1.807) is 60.9 Å². The van der Waals surface area contributed by atoms with Gasteiger partial charge in [0.1, 0.15) is 0 Å². The zero-order valence-corrected chi connectivity index (χ0v) is 14.7. The minimum Gasteiger partial charge on any atom is -0.478 e. The van der Waals surface area contributed by atoms with Gasteiger partial charge in [-0.1, -0.05) is 36.4 Å². The molecule has 1 heterocycles. The highest BCUT2D eigenvalue weighted by Crippen LogP contribution is 2.35. The van der Waals surface area contributed by atoms with Crippen molar-refractivity contribution in [3.8, 4) is 22.3 Å². The van der Waals surface area contributed by atoms with E-state index >= 15 is 0 Å². The third-order valence-electron chi connectivity index (χ3n) is 4.70. The van der Waals surface area contributed by atoms with E-state index in [2.05, 4.69) is 4.98 Å². The van der Waals surface area contributed by atoms with E-state index in [0.29, 0.717) is 0 Å². The number of carboxylic acids is 2. The highest BCUT2D eigenvalue weighted by molar-refractivity contribution is 6.04. The third kappa shape index (κ3) is 3.10. The molecule has 0 aliphatic carbocycles. The second-order valence-corrected chi connectivity index (χ2v) is 6.35. The Morgan fingerprint density at radius 3 is 1.54 bits per heavy atom. The Morgan fingerprint density at radius 2 is 1.07 bits per heavy atom. The number of carbonyl (C=O) groups is 2. The number of carboxylic acid groups (broad SMARTS) is 2. The lowest BCUT2D eigenvalue weighted by atomic mass is 9.92. The van der Waals surface area contributed by atoms with Gasteiger partial charge in [0.2, 0.25) is 0 Å². The van der Waals surface area contributed by atoms with Crippen LogP contribution in [0.4, 0.5) is 0 Å². The summed E-state index contributed by atoms with van der Waals surface area (Å²) in [4.78, 5) is 26.4. The average Bonchev–Trinajstić information content (AvgIpc) is 2.73. The van der Waals surface area contributed by atoms with Gasteiger partial charge in [0, 0.05) is 17.8 Å². The molecule has 5 nitrogen and oxygen atoms in total. The van der Waals surface area contributed by atoms with Gasteiger partial charge in [-0.05, 0) is 58.0 Å². The summed E-state index contributed by atoms with van der Waals surface area (Å²) >= 11 is 0. The molecule has 0 atom stereocenters. The Labute approximate surface area is 160 Å². The Balaban J connectivity index is 1.85. The van der Waals surface area contributed by atoms with Crippen LogP contribution in [0.15, 0.2) is 79.1 Å². The summed E-state index contributed by atoms with van der Waals surface area (Å²) in [6.07, 6.45) is 3.50. The van der Waals surface area contributed by atoms with Crippen molar-refractivity contribution in [1.29, 1.82) is 0 Å². The molecule has 0 fully saturated rings. The Bertz CT molecular complexity index is 1100. The fourth-order valence-electron chi connectivity index (χ4n) is 3.28. The average molecular weight is 369 g/mol. The third-order valence-corrected chi connectivity index (χ3v) is 4.70. The highest BCUT2D eigenvalue weighted by Gasteiger charge is 2.11. The Kier molecular flexibility index (Phi) is 4.33. The lowest BCUT2D eigenvalue weighted by Crippen LogP contribution is -1.96. The minimum absolute atomic E-state index is 0.237. The van der Waals surface area contributed by atoms with Crippen molar-refractivity contribution in [2.24, 2.45) is 0 Å².